The number of hydrogen-bond donors (Lipinski definition) is 2. The lowest BCUT2D eigenvalue weighted by molar-refractivity contribution is -0.146. The van der Waals surface area contributed by atoms with Gasteiger partial charge in [0, 0.05) is 35.2 Å². The van der Waals surface area contributed by atoms with Gasteiger partial charge in [0.15, 0.2) is 5.65 Å². The average Bonchev–Trinajstić information content (AvgIpc) is 3.25. The Morgan fingerprint density at radius 2 is 2.16 bits per heavy atom. The van der Waals surface area contributed by atoms with Crippen molar-refractivity contribution in [3.63, 3.8) is 0 Å². The number of anilines is 1. The van der Waals surface area contributed by atoms with E-state index in [0.29, 0.717) is 31.0 Å². The number of nitrogens with two attached hydrogens (primary N) is 1. The van der Waals surface area contributed by atoms with Crippen molar-refractivity contribution < 1.29 is 9.53 Å². The molecule has 2 unspecified atom stereocenters. The van der Waals surface area contributed by atoms with E-state index in [4.69, 9.17) is 15.5 Å². The number of aromatic nitrogens is 4. The Morgan fingerprint density at radius 1 is 1.31 bits per heavy atom. The van der Waals surface area contributed by atoms with Crippen LogP contribution in [0, 0.1) is 0 Å². The van der Waals surface area contributed by atoms with Gasteiger partial charge in [0.2, 0.25) is 0 Å². The first-order valence-electron chi connectivity index (χ1n) is 10.6. The van der Waals surface area contributed by atoms with Crippen LogP contribution in [0.4, 0.5) is 5.82 Å². The zero-order valence-electron chi connectivity index (χ0n) is 17.6. The minimum atomic E-state index is -0.278. The number of nitrogen functional groups attached to an aromatic ring is 1. The highest BCUT2D eigenvalue weighted by molar-refractivity contribution is 9.10. The van der Waals surface area contributed by atoms with Gasteiger partial charge in [-0.15, -0.1) is 0 Å². The zero-order valence-corrected chi connectivity index (χ0v) is 19.2. The first-order chi connectivity index (χ1) is 15.6. The van der Waals surface area contributed by atoms with Gasteiger partial charge in [0.1, 0.15) is 11.9 Å². The molecule has 0 spiro atoms. The number of hydrogen-bond acceptors (Lipinski definition) is 7. The van der Waals surface area contributed by atoms with Crippen LogP contribution in [0.2, 0.25) is 0 Å². The minimum absolute atomic E-state index is 0.111. The Kier molecular flexibility index (Phi) is 5.52. The number of halogens is 1. The zero-order chi connectivity index (χ0) is 22.2. The van der Waals surface area contributed by atoms with Gasteiger partial charge in [-0.1, -0.05) is 18.2 Å². The van der Waals surface area contributed by atoms with Crippen LogP contribution in [-0.2, 0) is 9.53 Å². The van der Waals surface area contributed by atoms with Crippen molar-refractivity contribution >= 4 is 44.3 Å². The van der Waals surface area contributed by atoms with E-state index in [0.717, 1.165) is 38.6 Å². The molecular formula is C23H23BrN6O2. The molecule has 1 fully saturated rings. The fourth-order valence-electron chi connectivity index (χ4n) is 4.24. The number of pyridine rings is 1. The molecule has 0 aliphatic carbocycles. The fourth-order valence-corrected chi connectivity index (χ4v) is 4.82. The summed E-state index contributed by atoms with van der Waals surface area (Å²) in [5.41, 5.74) is 10.7. The topological polar surface area (TPSA) is 107 Å². The summed E-state index contributed by atoms with van der Waals surface area (Å²) < 4.78 is 7.53. The van der Waals surface area contributed by atoms with E-state index in [-0.39, 0.29) is 17.9 Å². The monoisotopic (exact) mass is 494 g/mol. The number of fused-ring (bicyclic) bond motifs is 2. The number of piperidine rings is 1. The van der Waals surface area contributed by atoms with Crippen molar-refractivity contribution in [2.75, 3.05) is 18.9 Å². The summed E-state index contributed by atoms with van der Waals surface area (Å²) in [5.74, 6) is 0.409. The summed E-state index contributed by atoms with van der Waals surface area (Å²) in [7, 11) is 0. The fraction of sp³-hybridized carbons (Fsp3) is 0.304. The molecule has 4 heterocycles. The van der Waals surface area contributed by atoms with Crippen molar-refractivity contribution in [1.82, 2.24) is 24.9 Å². The molecule has 164 valence electrons. The molecule has 1 saturated heterocycles. The molecule has 32 heavy (non-hydrogen) atoms. The van der Waals surface area contributed by atoms with Gasteiger partial charge in [-0.3, -0.25) is 9.78 Å². The van der Waals surface area contributed by atoms with Crippen molar-refractivity contribution in [3.8, 4) is 11.1 Å². The van der Waals surface area contributed by atoms with E-state index < -0.39 is 0 Å². The highest BCUT2D eigenvalue weighted by atomic mass is 79.9. The predicted octanol–water partition coefficient (Wildman–Crippen LogP) is 3.69. The number of carbonyl (C=O) groups excluding carboxylic acids is 1. The number of nitrogens with zero attached hydrogens (tertiary/aromatic N) is 4. The third-order valence-corrected chi connectivity index (χ3v) is 6.73. The Labute approximate surface area is 193 Å². The van der Waals surface area contributed by atoms with E-state index in [9.17, 15) is 4.79 Å². The van der Waals surface area contributed by atoms with Crippen LogP contribution in [0.15, 0.2) is 47.2 Å². The third kappa shape index (κ3) is 3.61. The molecule has 1 aromatic carbocycles. The second-order valence-corrected chi connectivity index (χ2v) is 8.69. The first-order valence-corrected chi connectivity index (χ1v) is 11.4. The Hall–Kier alpha value is -3.04. The van der Waals surface area contributed by atoms with Gasteiger partial charge in [0.05, 0.1) is 28.5 Å². The highest BCUT2D eigenvalue weighted by Gasteiger charge is 2.30. The van der Waals surface area contributed by atoms with E-state index in [1.54, 1.807) is 10.7 Å². The minimum Gasteiger partial charge on any atom is -0.465 e. The number of ether oxygens (including phenoxy) is 1. The summed E-state index contributed by atoms with van der Waals surface area (Å²) in [4.78, 5) is 21.6. The second kappa shape index (κ2) is 8.48. The van der Waals surface area contributed by atoms with Crippen LogP contribution in [-0.4, -0.2) is 44.7 Å². The van der Waals surface area contributed by atoms with Crippen molar-refractivity contribution in [2.45, 2.75) is 31.7 Å². The molecule has 2 atom stereocenters. The quantitative estimate of drug-likeness (QED) is 0.416. The summed E-state index contributed by atoms with van der Waals surface area (Å²) in [6.45, 7) is 2.82. The standard InChI is InChI=1S/C23H23BrN6O2/c1-2-32-23(31)18-8-7-14(10-27-18)20-19(24)21(25)30-22(29-20)16(12-28-30)15-9-13-5-3-4-6-17(13)26-11-15/h3-6,9,11-12,14,18,27H,2,7-8,10,25H2,1H3. The molecule has 0 saturated carbocycles. The number of carbonyl (C=O) groups is 1. The van der Waals surface area contributed by atoms with Gasteiger partial charge >= 0.3 is 5.97 Å². The maximum Gasteiger partial charge on any atom is 0.323 e. The van der Waals surface area contributed by atoms with Gasteiger partial charge in [-0.05, 0) is 47.8 Å². The van der Waals surface area contributed by atoms with Gasteiger partial charge in [-0.25, -0.2) is 4.98 Å². The molecule has 3 aromatic heterocycles. The molecule has 3 N–H and O–H groups in total. The SMILES string of the molecule is CCOC(=O)C1CCC(c2nc3c(-c4cnc5ccccc5c4)cnn3c(N)c2Br)CN1. The Bertz CT molecular complexity index is 1310. The summed E-state index contributed by atoms with van der Waals surface area (Å²) in [5, 5.41) is 8.82. The van der Waals surface area contributed by atoms with E-state index in [2.05, 4.69) is 37.4 Å². The average molecular weight is 495 g/mol. The maximum absolute atomic E-state index is 12.1. The van der Waals surface area contributed by atoms with E-state index in [1.165, 1.54) is 0 Å². The molecule has 9 heteroatoms. The molecule has 4 aromatic rings. The lowest BCUT2D eigenvalue weighted by Crippen LogP contribution is -2.44. The van der Waals surface area contributed by atoms with E-state index in [1.807, 2.05) is 37.4 Å². The van der Waals surface area contributed by atoms with Gasteiger partial charge < -0.3 is 15.8 Å². The smallest absolute Gasteiger partial charge is 0.323 e. The van der Waals surface area contributed by atoms with Crippen LogP contribution in [0.5, 0.6) is 0 Å². The molecule has 5 rings (SSSR count). The first kappa shape index (κ1) is 20.8. The van der Waals surface area contributed by atoms with Crippen molar-refractivity contribution in [2.24, 2.45) is 0 Å². The lowest BCUT2D eigenvalue weighted by Gasteiger charge is -2.29. The van der Waals surface area contributed by atoms with Gasteiger partial charge in [0.25, 0.3) is 0 Å². The lowest BCUT2D eigenvalue weighted by atomic mass is 9.91. The number of rotatable bonds is 4. The molecule has 1 aliphatic heterocycles. The number of benzene rings is 1. The number of nitrogens with one attached hydrogen (secondary N) is 1. The maximum atomic E-state index is 12.1. The Balaban J connectivity index is 1.51. The highest BCUT2D eigenvalue weighted by Crippen LogP contribution is 2.36. The van der Waals surface area contributed by atoms with E-state index >= 15 is 0 Å². The van der Waals surface area contributed by atoms with Gasteiger partial charge in [-0.2, -0.15) is 9.61 Å². The summed E-state index contributed by atoms with van der Waals surface area (Å²) in [6, 6.07) is 9.80. The third-order valence-electron chi connectivity index (χ3n) is 5.92. The van der Waals surface area contributed by atoms with Crippen molar-refractivity contribution in [3.05, 3.63) is 52.9 Å². The largest absolute Gasteiger partial charge is 0.465 e. The van der Waals surface area contributed by atoms with Crippen molar-refractivity contribution in [1.29, 1.82) is 0 Å². The Morgan fingerprint density at radius 3 is 2.94 bits per heavy atom. The molecule has 0 amide bonds. The molecular weight excluding hydrogens is 472 g/mol. The molecule has 1 aliphatic rings. The second-order valence-electron chi connectivity index (χ2n) is 7.89. The van der Waals surface area contributed by atoms with Crippen LogP contribution in [0.25, 0.3) is 27.7 Å². The summed E-state index contributed by atoms with van der Waals surface area (Å²) >= 11 is 3.62. The molecule has 8 nitrogen and oxygen atoms in total. The summed E-state index contributed by atoms with van der Waals surface area (Å²) in [6.07, 6.45) is 5.10. The van der Waals surface area contributed by atoms with Crippen LogP contribution in [0.3, 0.4) is 0 Å². The molecule has 0 radical (unpaired) electrons. The predicted molar refractivity (Wildman–Crippen MR) is 126 cm³/mol. The normalized spacial score (nSPS) is 18.8. The number of esters is 1. The van der Waals surface area contributed by atoms with Crippen LogP contribution < -0.4 is 11.1 Å². The number of para-hydroxylation sites is 1. The van der Waals surface area contributed by atoms with Crippen LogP contribution in [0.1, 0.15) is 31.4 Å². The molecule has 0 bridgehead atoms. The van der Waals surface area contributed by atoms with Crippen LogP contribution >= 0.6 is 15.9 Å².